The number of benzene rings is 2. The number of nitrogens with one attached hydrogen (secondary N) is 2. The first-order valence-electron chi connectivity index (χ1n) is 9.54. The fourth-order valence-corrected chi connectivity index (χ4v) is 4.13. The van der Waals surface area contributed by atoms with Crippen molar-refractivity contribution in [2.45, 2.75) is 13.1 Å². The number of fused-ring (bicyclic) bond motifs is 2. The normalized spacial score (nSPS) is 12.3. The van der Waals surface area contributed by atoms with Crippen molar-refractivity contribution in [1.29, 1.82) is 0 Å². The Morgan fingerprint density at radius 3 is 2.81 bits per heavy atom. The summed E-state index contributed by atoms with van der Waals surface area (Å²) in [6.07, 6.45) is 0. The van der Waals surface area contributed by atoms with Crippen LogP contribution in [0.25, 0.3) is 10.9 Å². The van der Waals surface area contributed by atoms with Crippen molar-refractivity contribution < 1.29 is 14.3 Å². The summed E-state index contributed by atoms with van der Waals surface area (Å²) in [4.78, 5) is 41.5. The van der Waals surface area contributed by atoms with E-state index in [1.807, 2.05) is 29.6 Å². The molecule has 0 spiro atoms. The van der Waals surface area contributed by atoms with Crippen molar-refractivity contribution in [2.75, 3.05) is 6.79 Å². The number of hydrogen-bond acceptors (Lipinski definition) is 6. The molecule has 2 aromatic heterocycles. The monoisotopic (exact) mass is 435 g/mol. The number of aromatic amines is 1. The lowest BCUT2D eigenvalue weighted by Gasteiger charge is -2.08. The average molecular weight is 435 g/mol. The minimum atomic E-state index is -0.510. The van der Waals surface area contributed by atoms with Crippen LogP contribution in [0, 0.1) is 0 Å². The summed E-state index contributed by atoms with van der Waals surface area (Å²) in [6.45, 7) is 0.696. The molecule has 5 rings (SSSR count). The van der Waals surface area contributed by atoms with Gasteiger partial charge in [0.05, 0.1) is 17.4 Å². The summed E-state index contributed by atoms with van der Waals surface area (Å²) in [5, 5.41) is 5.08. The Balaban J connectivity index is 1.37. The molecule has 0 radical (unpaired) electrons. The second kappa shape index (κ2) is 7.77. The van der Waals surface area contributed by atoms with Gasteiger partial charge in [0.1, 0.15) is 0 Å². The number of hydrogen-bond donors (Lipinski definition) is 2. The maximum absolute atomic E-state index is 12.8. The number of amides is 1. The molecular formula is C22H17N3O5S. The van der Waals surface area contributed by atoms with Crippen LogP contribution in [-0.2, 0) is 13.1 Å². The summed E-state index contributed by atoms with van der Waals surface area (Å²) in [6, 6.07) is 13.9. The van der Waals surface area contributed by atoms with Gasteiger partial charge in [-0.15, -0.1) is 11.3 Å². The van der Waals surface area contributed by atoms with Gasteiger partial charge in [0.25, 0.3) is 11.5 Å². The van der Waals surface area contributed by atoms with Crippen LogP contribution in [0.2, 0.25) is 0 Å². The first-order chi connectivity index (χ1) is 15.1. The van der Waals surface area contributed by atoms with Crippen molar-refractivity contribution in [2.24, 2.45) is 0 Å². The molecule has 3 heterocycles. The van der Waals surface area contributed by atoms with Crippen LogP contribution in [0.3, 0.4) is 0 Å². The summed E-state index contributed by atoms with van der Waals surface area (Å²) in [5.74, 6) is 1.01. The van der Waals surface area contributed by atoms with Gasteiger partial charge in [0.15, 0.2) is 11.5 Å². The van der Waals surface area contributed by atoms with Gasteiger partial charge >= 0.3 is 5.69 Å². The molecule has 1 amide bonds. The number of nitrogens with zero attached hydrogens (tertiary/aromatic N) is 1. The number of carbonyl (C=O) groups excluding carboxylic acids is 1. The SMILES string of the molecule is O=C(NCc1ccc2c(c1)OCO2)c1ccc2c(=O)n(Cc3cccs3)c(=O)[nH]c2c1. The highest BCUT2D eigenvalue weighted by Crippen LogP contribution is 2.32. The van der Waals surface area contributed by atoms with Crippen molar-refractivity contribution in [1.82, 2.24) is 14.9 Å². The molecule has 156 valence electrons. The van der Waals surface area contributed by atoms with E-state index in [0.29, 0.717) is 34.5 Å². The van der Waals surface area contributed by atoms with E-state index in [0.717, 1.165) is 15.0 Å². The van der Waals surface area contributed by atoms with Gasteiger partial charge in [-0.2, -0.15) is 0 Å². The molecule has 0 aliphatic carbocycles. The molecule has 0 atom stereocenters. The summed E-state index contributed by atoms with van der Waals surface area (Å²) in [7, 11) is 0. The summed E-state index contributed by atoms with van der Waals surface area (Å²) in [5.41, 5.74) is 0.638. The van der Waals surface area contributed by atoms with E-state index < -0.39 is 5.69 Å². The molecule has 0 unspecified atom stereocenters. The molecule has 0 fully saturated rings. The van der Waals surface area contributed by atoms with Crippen molar-refractivity contribution in [3.05, 3.63) is 90.8 Å². The third-order valence-corrected chi connectivity index (χ3v) is 5.89. The van der Waals surface area contributed by atoms with E-state index >= 15 is 0 Å². The Kier molecular flexibility index (Phi) is 4.79. The van der Waals surface area contributed by atoms with E-state index in [4.69, 9.17) is 9.47 Å². The Labute approximate surface area is 179 Å². The quantitative estimate of drug-likeness (QED) is 0.501. The summed E-state index contributed by atoms with van der Waals surface area (Å²) >= 11 is 1.48. The number of H-pyrrole nitrogens is 1. The molecule has 1 aliphatic rings. The highest BCUT2D eigenvalue weighted by molar-refractivity contribution is 7.09. The molecule has 2 N–H and O–H groups in total. The fourth-order valence-electron chi connectivity index (χ4n) is 3.43. The number of aromatic nitrogens is 2. The highest BCUT2D eigenvalue weighted by atomic mass is 32.1. The molecule has 31 heavy (non-hydrogen) atoms. The molecular weight excluding hydrogens is 418 g/mol. The second-order valence-corrected chi connectivity index (χ2v) is 8.06. The van der Waals surface area contributed by atoms with Crippen LogP contribution < -0.4 is 26.0 Å². The average Bonchev–Trinajstić information content (AvgIpc) is 3.46. The zero-order valence-corrected chi connectivity index (χ0v) is 17.0. The molecule has 0 saturated heterocycles. The van der Waals surface area contributed by atoms with Gasteiger partial charge < -0.3 is 19.8 Å². The van der Waals surface area contributed by atoms with Crippen LogP contribution in [-0.4, -0.2) is 22.3 Å². The van der Waals surface area contributed by atoms with Crippen LogP contribution in [0.5, 0.6) is 11.5 Å². The minimum absolute atomic E-state index is 0.190. The largest absolute Gasteiger partial charge is 0.454 e. The number of thiophene rings is 1. The lowest BCUT2D eigenvalue weighted by atomic mass is 10.1. The zero-order valence-electron chi connectivity index (χ0n) is 16.2. The van der Waals surface area contributed by atoms with Gasteiger partial charge in [-0.05, 0) is 47.3 Å². The molecule has 8 nitrogen and oxygen atoms in total. The predicted octanol–water partition coefficient (Wildman–Crippen LogP) is 2.46. The molecule has 1 aliphatic heterocycles. The van der Waals surface area contributed by atoms with Crippen molar-refractivity contribution >= 4 is 28.1 Å². The van der Waals surface area contributed by atoms with Gasteiger partial charge in [-0.1, -0.05) is 12.1 Å². The Morgan fingerprint density at radius 1 is 1.10 bits per heavy atom. The minimum Gasteiger partial charge on any atom is -0.454 e. The zero-order chi connectivity index (χ0) is 21.4. The number of carbonyl (C=O) groups is 1. The third kappa shape index (κ3) is 3.71. The lowest BCUT2D eigenvalue weighted by Crippen LogP contribution is -2.35. The van der Waals surface area contributed by atoms with Gasteiger partial charge in [0, 0.05) is 17.0 Å². The van der Waals surface area contributed by atoms with Crippen molar-refractivity contribution in [3.8, 4) is 11.5 Å². The van der Waals surface area contributed by atoms with Gasteiger partial charge in [-0.3, -0.25) is 14.2 Å². The fraction of sp³-hybridized carbons (Fsp3) is 0.136. The molecule has 0 saturated carbocycles. The van der Waals surface area contributed by atoms with E-state index in [1.165, 1.54) is 17.4 Å². The van der Waals surface area contributed by atoms with E-state index in [2.05, 4.69) is 10.3 Å². The standard InChI is InChI=1S/C22H17N3O5S/c26-20(23-10-13-3-6-18-19(8-13)30-12-29-18)14-4-5-16-17(9-14)24-22(28)25(21(16)27)11-15-2-1-7-31-15/h1-9H,10-12H2,(H,23,26)(H,24,28). The van der Waals surface area contributed by atoms with Crippen LogP contribution >= 0.6 is 11.3 Å². The smallest absolute Gasteiger partial charge is 0.329 e. The van der Waals surface area contributed by atoms with Crippen LogP contribution in [0.1, 0.15) is 20.8 Å². The Morgan fingerprint density at radius 2 is 1.97 bits per heavy atom. The highest BCUT2D eigenvalue weighted by Gasteiger charge is 2.15. The Hall–Kier alpha value is -3.85. The Bertz CT molecular complexity index is 1410. The number of ether oxygens (including phenoxy) is 2. The maximum Gasteiger partial charge on any atom is 0.329 e. The van der Waals surface area contributed by atoms with E-state index in [-0.39, 0.29) is 24.8 Å². The van der Waals surface area contributed by atoms with E-state index in [9.17, 15) is 14.4 Å². The van der Waals surface area contributed by atoms with Crippen molar-refractivity contribution in [3.63, 3.8) is 0 Å². The molecule has 9 heteroatoms. The maximum atomic E-state index is 12.8. The van der Waals surface area contributed by atoms with E-state index in [1.54, 1.807) is 18.2 Å². The van der Waals surface area contributed by atoms with Crippen LogP contribution in [0.15, 0.2) is 63.5 Å². The van der Waals surface area contributed by atoms with Crippen LogP contribution in [0.4, 0.5) is 0 Å². The topological polar surface area (TPSA) is 102 Å². The van der Waals surface area contributed by atoms with Gasteiger partial charge in [0.2, 0.25) is 6.79 Å². The molecule has 0 bridgehead atoms. The van der Waals surface area contributed by atoms with Gasteiger partial charge in [-0.25, -0.2) is 4.79 Å². The number of rotatable bonds is 5. The first-order valence-corrected chi connectivity index (χ1v) is 10.4. The first kappa shape index (κ1) is 19.1. The second-order valence-electron chi connectivity index (χ2n) is 7.03. The molecule has 2 aromatic carbocycles. The predicted molar refractivity (Wildman–Crippen MR) is 116 cm³/mol. The summed E-state index contributed by atoms with van der Waals surface area (Å²) < 4.78 is 11.8. The third-order valence-electron chi connectivity index (χ3n) is 5.03. The molecule has 4 aromatic rings. The lowest BCUT2D eigenvalue weighted by molar-refractivity contribution is 0.0951.